The topological polar surface area (TPSA) is 38.1 Å². The number of hydrogen-bond acceptors (Lipinski definition) is 3. The zero-order chi connectivity index (χ0) is 12.1. The number of rotatable bonds is 5. The summed E-state index contributed by atoms with van der Waals surface area (Å²) in [5.41, 5.74) is 0.689. The molecular formula is C13H15FN2O. The fourth-order valence-electron chi connectivity index (χ4n) is 1.79. The van der Waals surface area contributed by atoms with Gasteiger partial charge in [-0.1, -0.05) is 30.3 Å². The highest BCUT2D eigenvalue weighted by atomic mass is 19.1. The van der Waals surface area contributed by atoms with E-state index in [1.165, 1.54) is 6.07 Å². The van der Waals surface area contributed by atoms with Crippen molar-refractivity contribution in [3.8, 4) is 0 Å². The van der Waals surface area contributed by atoms with Crippen molar-refractivity contribution in [2.24, 2.45) is 0 Å². The molecule has 90 valence electrons. The summed E-state index contributed by atoms with van der Waals surface area (Å²) in [6.45, 7) is 2.57. The summed E-state index contributed by atoms with van der Waals surface area (Å²) in [6.07, 6.45) is 2.41. The molecule has 0 aliphatic carbocycles. The molecule has 0 fully saturated rings. The summed E-state index contributed by atoms with van der Waals surface area (Å²) in [6, 6.07) is 8.60. The number of nitrogens with one attached hydrogen (secondary N) is 1. The third-order valence-electron chi connectivity index (χ3n) is 2.70. The normalized spacial score (nSPS) is 12.6. The van der Waals surface area contributed by atoms with Crippen LogP contribution in [0.15, 0.2) is 41.1 Å². The van der Waals surface area contributed by atoms with E-state index in [2.05, 4.69) is 10.5 Å². The second-order valence-corrected chi connectivity index (χ2v) is 3.84. The average Bonchev–Trinajstić information content (AvgIpc) is 2.85. The Hall–Kier alpha value is -1.68. The molecule has 0 saturated heterocycles. The van der Waals surface area contributed by atoms with Crippen LogP contribution in [-0.4, -0.2) is 5.16 Å². The molecule has 0 saturated carbocycles. The van der Waals surface area contributed by atoms with E-state index in [1.54, 1.807) is 24.4 Å². The Labute approximate surface area is 99.6 Å². The van der Waals surface area contributed by atoms with Crippen molar-refractivity contribution in [1.29, 1.82) is 0 Å². The quantitative estimate of drug-likeness (QED) is 0.864. The Morgan fingerprint density at radius 3 is 2.82 bits per heavy atom. The molecule has 0 aliphatic rings. The number of benzene rings is 1. The van der Waals surface area contributed by atoms with Gasteiger partial charge in [0.05, 0.1) is 12.7 Å². The molecule has 3 nitrogen and oxygen atoms in total. The second kappa shape index (κ2) is 5.59. The van der Waals surface area contributed by atoms with Crippen LogP contribution in [0.4, 0.5) is 4.39 Å². The number of aromatic nitrogens is 1. The third kappa shape index (κ3) is 2.91. The first-order valence-electron chi connectivity index (χ1n) is 5.68. The number of hydrogen-bond donors (Lipinski definition) is 1. The van der Waals surface area contributed by atoms with Gasteiger partial charge in [-0.25, -0.2) is 4.39 Å². The lowest BCUT2D eigenvalue weighted by Crippen LogP contribution is -2.21. The molecule has 1 unspecified atom stereocenters. The Morgan fingerprint density at radius 1 is 1.35 bits per heavy atom. The maximum absolute atomic E-state index is 13.6. The minimum atomic E-state index is -0.176. The van der Waals surface area contributed by atoms with E-state index in [1.807, 2.05) is 13.0 Å². The molecule has 0 aliphatic heterocycles. The van der Waals surface area contributed by atoms with Crippen molar-refractivity contribution in [2.45, 2.75) is 25.9 Å². The Morgan fingerprint density at radius 2 is 2.18 bits per heavy atom. The van der Waals surface area contributed by atoms with Gasteiger partial charge in [0.1, 0.15) is 11.6 Å². The fraction of sp³-hybridized carbons (Fsp3) is 0.308. The van der Waals surface area contributed by atoms with Gasteiger partial charge in [0.2, 0.25) is 0 Å². The van der Waals surface area contributed by atoms with Gasteiger partial charge in [-0.15, -0.1) is 0 Å². The van der Waals surface area contributed by atoms with Gasteiger partial charge in [0.15, 0.2) is 0 Å². The van der Waals surface area contributed by atoms with Crippen LogP contribution < -0.4 is 5.32 Å². The summed E-state index contributed by atoms with van der Waals surface area (Å²) in [4.78, 5) is 0. The SMILES string of the molecule is CCC(NCc1ccno1)c1ccccc1F. The summed E-state index contributed by atoms with van der Waals surface area (Å²) in [7, 11) is 0. The van der Waals surface area contributed by atoms with Crippen molar-refractivity contribution < 1.29 is 8.91 Å². The largest absolute Gasteiger partial charge is 0.360 e. The molecule has 2 aromatic rings. The van der Waals surface area contributed by atoms with Gasteiger partial charge < -0.3 is 9.84 Å². The number of halogens is 1. The smallest absolute Gasteiger partial charge is 0.150 e. The summed E-state index contributed by atoms with van der Waals surface area (Å²) in [5.74, 6) is 0.573. The zero-order valence-corrected chi connectivity index (χ0v) is 9.69. The van der Waals surface area contributed by atoms with Gasteiger partial charge in [-0.3, -0.25) is 0 Å². The fourth-order valence-corrected chi connectivity index (χ4v) is 1.79. The Bertz CT molecular complexity index is 456. The number of nitrogens with zero attached hydrogens (tertiary/aromatic N) is 1. The molecule has 4 heteroatoms. The minimum absolute atomic E-state index is 0.0127. The van der Waals surface area contributed by atoms with E-state index in [9.17, 15) is 4.39 Å². The molecule has 1 aromatic heterocycles. The molecule has 0 bridgehead atoms. The first-order chi connectivity index (χ1) is 8.31. The zero-order valence-electron chi connectivity index (χ0n) is 9.69. The summed E-state index contributed by atoms with van der Waals surface area (Å²) in [5, 5.41) is 6.88. The molecule has 1 N–H and O–H groups in total. The lowest BCUT2D eigenvalue weighted by atomic mass is 10.0. The maximum Gasteiger partial charge on any atom is 0.150 e. The van der Waals surface area contributed by atoms with Gasteiger partial charge in [0, 0.05) is 17.7 Å². The second-order valence-electron chi connectivity index (χ2n) is 3.84. The minimum Gasteiger partial charge on any atom is -0.360 e. The highest BCUT2D eigenvalue weighted by Crippen LogP contribution is 2.20. The Kier molecular flexibility index (Phi) is 3.88. The van der Waals surface area contributed by atoms with Gasteiger partial charge >= 0.3 is 0 Å². The molecule has 0 radical (unpaired) electrons. The van der Waals surface area contributed by atoms with E-state index in [4.69, 9.17) is 4.52 Å². The van der Waals surface area contributed by atoms with E-state index >= 15 is 0 Å². The van der Waals surface area contributed by atoms with Crippen LogP contribution in [0.25, 0.3) is 0 Å². The van der Waals surface area contributed by atoms with Crippen LogP contribution in [0.2, 0.25) is 0 Å². The van der Waals surface area contributed by atoms with Gasteiger partial charge in [-0.05, 0) is 12.5 Å². The van der Waals surface area contributed by atoms with Crippen LogP contribution in [-0.2, 0) is 6.54 Å². The van der Waals surface area contributed by atoms with E-state index in [0.29, 0.717) is 12.1 Å². The van der Waals surface area contributed by atoms with Crippen molar-refractivity contribution >= 4 is 0 Å². The summed E-state index contributed by atoms with van der Waals surface area (Å²) >= 11 is 0. The molecular weight excluding hydrogens is 219 g/mol. The summed E-state index contributed by atoms with van der Waals surface area (Å²) < 4.78 is 18.6. The third-order valence-corrected chi connectivity index (χ3v) is 2.70. The molecule has 1 aromatic carbocycles. The van der Waals surface area contributed by atoms with Crippen LogP contribution in [0.1, 0.15) is 30.7 Å². The molecule has 0 amide bonds. The monoisotopic (exact) mass is 234 g/mol. The van der Waals surface area contributed by atoms with Crippen molar-refractivity contribution in [3.05, 3.63) is 53.7 Å². The standard InChI is InChI=1S/C13H15FN2O/c1-2-13(11-5-3-4-6-12(11)14)15-9-10-7-8-16-17-10/h3-8,13,15H,2,9H2,1H3. The predicted molar refractivity (Wildman–Crippen MR) is 62.8 cm³/mol. The first kappa shape index (κ1) is 11.8. The molecule has 2 rings (SSSR count). The molecule has 1 atom stereocenters. The first-order valence-corrected chi connectivity index (χ1v) is 5.68. The van der Waals surface area contributed by atoms with Crippen LogP contribution >= 0.6 is 0 Å². The van der Waals surface area contributed by atoms with Crippen molar-refractivity contribution in [1.82, 2.24) is 10.5 Å². The van der Waals surface area contributed by atoms with E-state index in [0.717, 1.165) is 12.2 Å². The molecule has 0 spiro atoms. The highest BCUT2D eigenvalue weighted by molar-refractivity contribution is 5.21. The van der Waals surface area contributed by atoms with Gasteiger partial charge in [-0.2, -0.15) is 0 Å². The van der Waals surface area contributed by atoms with Crippen LogP contribution in [0.5, 0.6) is 0 Å². The Balaban J connectivity index is 2.04. The highest BCUT2D eigenvalue weighted by Gasteiger charge is 2.13. The molecule has 17 heavy (non-hydrogen) atoms. The lowest BCUT2D eigenvalue weighted by molar-refractivity contribution is 0.360. The average molecular weight is 234 g/mol. The van der Waals surface area contributed by atoms with E-state index in [-0.39, 0.29) is 11.9 Å². The lowest BCUT2D eigenvalue weighted by Gasteiger charge is -2.17. The molecule has 1 heterocycles. The van der Waals surface area contributed by atoms with Crippen LogP contribution in [0.3, 0.4) is 0 Å². The maximum atomic E-state index is 13.6. The van der Waals surface area contributed by atoms with Crippen molar-refractivity contribution in [2.75, 3.05) is 0 Å². The van der Waals surface area contributed by atoms with Crippen molar-refractivity contribution in [3.63, 3.8) is 0 Å². The van der Waals surface area contributed by atoms with E-state index < -0.39 is 0 Å². The van der Waals surface area contributed by atoms with Gasteiger partial charge in [0.25, 0.3) is 0 Å². The predicted octanol–water partition coefficient (Wildman–Crippen LogP) is 3.05. The van der Waals surface area contributed by atoms with Crippen LogP contribution in [0, 0.1) is 5.82 Å².